The summed E-state index contributed by atoms with van der Waals surface area (Å²) in [7, 11) is 0. The van der Waals surface area contributed by atoms with E-state index in [2.05, 4.69) is 15.9 Å². The molecule has 0 bridgehead atoms. The first kappa shape index (κ1) is 10.7. The van der Waals surface area contributed by atoms with Gasteiger partial charge in [0.05, 0.1) is 12.1 Å². The maximum atomic E-state index is 9.12. The van der Waals surface area contributed by atoms with Crippen molar-refractivity contribution in [3.05, 3.63) is 33.8 Å². The summed E-state index contributed by atoms with van der Waals surface area (Å²) < 4.78 is 0.984. The summed E-state index contributed by atoms with van der Waals surface area (Å²) in [4.78, 5) is 0. The van der Waals surface area contributed by atoms with Crippen LogP contribution in [0.1, 0.15) is 18.1 Å². The van der Waals surface area contributed by atoms with Crippen LogP contribution in [0.3, 0.4) is 0 Å². The average Bonchev–Trinajstić information content (AvgIpc) is 2.09. The highest BCUT2D eigenvalue weighted by Gasteiger charge is 2.21. The molecule has 0 spiro atoms. The van der Waals surface area contributed by atoms with Gasteiger partial charge in [0.15, 0.2) is 0 Å². The maximum absolute atomic E-state index is 9.12. The van der Waals surface area contributed by atoms with Crippen molar-refractivity contribution in [3.8, 4) is 0 Å². The Morgan fingerprint density at radius 3 is 2.69 bits per heavy atom. The van der Waals surface area contributed by atoms with Gasteiger partial charge in [-0.05, 0) is 37.1 Å². The molecule has 3 N–H and O–H groups in total. The van der Waals surface area contributed by atoms with Crippen molar-refractivity contribution in [1.82, 2.24) is 0 Å². The van der Waals surface area contributed by atoms with Crippen LogP contribution in [0.25, 0.3) is 0 Å². The SMILES string of the molecule is Cc1ccc(Br)cc1C(C)(N)CO. The van der Waals surface area contributed by atoms with E-state index in [1.54, 1.807) is 0 Å². The van der Waals surface area contributed by atoms with Crippen molar-refractivity contribution in [2.45, 2.75) is 19.4 Å². The second-order valence-electron chi connectivity index (χ2n) is 3.53. The number of hydrogen-bond acceptors (Lipinski definition) is 2. The topological polar surface area (TPSA) is 46.2 Å². The lowest BCUT2D eigenvalue weighted by molar-refractivity contribution is 0.209. The maximum Gasteiger partial charge on any atom is 0.0650 e. The largest absolute Gasteiger partial charge is 0.394 e. The van der Waals surface area contributed by atoms with Crippen molar-refractivity contribution in [3.63, 3.8) is 0 Å². The third-order valence-electron chi connectivity index (χ3n) is 2.14. The van der Waals surface area contributed by atoms with Crippen LogP contribution in [0.4, 0.5) is 0 Å². The van der Waals surface area contributed by atoms with E-state index in [1.807, 2.05) is 32.0 Å². The quantitative estimate of drug-likeness (QED) is 0.834. The zero-order chi connectivity index (χ0) is 10.1. The zero-order valence-corrected chi connectivity index (χ0v) is 9.43. The van der Waals surface area contributed by atoms with Gasteiger partial charge >= 0.3 is 0 Å². The third-order valence-corrected chi connectivity index (χ3v) is 2.64. The van der Waals surface area contributed by atoms with Gasteiger partial charge < -0.3 is 10.8 Å². The van der Waals surface area contributed by atoms with Crippen molar-refractivity contribution in [2.75, 3.05) is 6.61 Å². The molecular formula is C10H14BrNO. The van der Waals surface area contributed by atoms with Crippen LogP contribution in [-0.4, -0.2) is 11.7 Å². The summed E-state index contributed by atoms with van der Waals surface area (Å²) >= 11 is 3.38. The molecule has 72 valence electrons. The molecule has 0 aliphatic carbocycles. The second-order valence-corrected chi connectivity index (χ2v) is 4.45. The van der Waals surface area contributed by atoms with Crippen molar-refractivity contribution in [1.29, 1.82) is 0 Å². The monoisotopic (exact) mass is 243 g/mol. The Balaban J connectivity index is 3.20. The molecule has 1 atom stereocenters. The molecule has 0 aliphatic heterocycles. The highest BCUT2D eigenvalue weighted by atomic mass is 79.9. The van der Waals surface area contributed by atoms with Crippen LogP contribution in [0.15, 0.2) is 22.7 Å². The fraction of sp³-hybridized carbons (Fsp3) is 0.400. The molecule has 0 aliphatic rings. The van der Waals surface area contributed by atoms with Crippen LogP contribution < -0.4 is 5.73 Å². The Hall–Kier alpha value is -0.380. The molecule has 3 heteroatoms. The molecule has 1 aromatic rings. The fourth-order valence-corrected chi connectivity index (χ4v) is 1.66. The summed E-state index contributed by atoms with van der Waals surface area (Å²) in [6.07, 6.45) is 0. The Bertz CT molecular complexity index is 310. The van der Waals surface area contributed by atoms with E-state index in [0.717, 1.165) is 15.6 Å². The highest BCUT2D eigenvalue weighted by molar-refractivity contribution is 9.10. The summed E-state index contributed by atoms with van der Waals surface area (Å²) in [5.41, 5.74) is 7.35. The van der Waals surface area contributed by atoms with E-state index in [4.69, 9.17) is 10.8 Å². The van der Waals surface area contributed by atoms with E-state index in [0.29, 0.717) is 0 Å². The predicted octanol–water partition coefficient (Wildman–Crippen LogP) is 1.92. The minimum absolute atomic E-state index is 0.0513. The number of halogens is 1. The molecule has 1 unspecified atom stereocenters. The van der Waals surface area contributed by atoms with Crippen LogP contribution in [-0.2, 0) is 5.54 Å². The van der Waals surface area contributed by atoms with Crippen molar-refractivity contribution >= 4 is 15.9 Å². The third kappa shape index (κ3) is 2.30. The minimum atomic E-state index is -0.659. The second kappa shape index (κ2) is 3.78. The highest BCUT2D eigenvalue weighted by Crippen LogP contribution is 2.24. The average molecular weight is 244 g/mol. The van der Waals surface area contributed by atoms with Crippen molar-refractivity contribution < 1.29 is 5.11 Å². The van der Waals surface area contributed by atoms with Crippen molar-refractivity contribution in [2.24, 2.45) is 5.73 Å². The van der Waals surface area contributed by atoms with Gasteiger partial charge in [0, 0.05) is 4.47 Å². The number of aliphatic hydroxyl groups excluding tert-OH is 1. The lowest BCUT2D eigenvalue weighted by Gasteiger charge is -2.24. The van der Waals surface area contributed by atoms with Gasteiger partial charge in [-0.15, -0.1) is 0 Å². The molecule has 0 saturated carbocycles. The fourth-order valence-electron chi connectivity index (χ4n) is 1.29. The molecule has 0 saturated heterocycles. The number of benzene rings is 1. The van der Waals surface area contributed by atoms with E-state index in [-0.39, 0.29) is 6.61 Å². The Morgan fingerprint density at radius 2 is 2.15 bits per heavy atom. The molecule has 0 aromatic heterocycles. The van der Waals surface area contributed by atoms with Gasteiger partial charge in [-0.1, -0.05) is 22.0 Å². The van der Waals surface area contributed by atoms with Gasteiger partial charge in [-0.3, -0.25) is 0 Å². The number of rotatable bonds is 2. The van der Waals surface area contributed by atoms with Gasteiger partial charge in [-0.25, -0.2) is 0 Å². The normalized spacial score (nSPS) is 15.5. The van der Waals surface area contributed by atoms with E-state index < -0.39 is 5.54 Å². The molecule has 1 aromatic carbocycles. The predicted molar refractivity (Wildman–Crippen MR) is 57.5 cm³/mol. The Morgan fingerprint density at radius 1 is 1.54 bits per heavy atom. The number of nitrogens with two attached hydrogens (primary N) is 1. The first-order chi connectivity index (χ1) is 5.97. The summed E-state index contributed by atoms with van der Waals surface area (Å²) in [6, 6.07) is 5.90. The minimum Gasteiger partial charge on any atom is -0.394 e. The van der Waals surface area contributed by atoms with Gasteiger partial charge in [0.2, 0.25) is 0 Å². The van der Waals surface area contributed by atoms with Crippen LogP contribution in [0.5, 0.6) is 0 Å². The zero-order valence-electron chi connectivity index (χ0n) is 7.84. The van der Waals surface area contributed by atoms with Gasteiger partial charge in [-0.2, -0.15) is 0 Å². The van der Waals surface area contributed by atoms with Gasteiger partial charge in [0.25, 0.3) is 0 Å². The smallest absolute Gasteiger partial charge is 0.0650 e. The molecule has 2 nitrogen and oxygen atoms in total. The van der Waals surface area contributed by atoms with Gasteiger partial charge in [0.1, 0.15) is 0 Å². The number of hydrogen-bond donors (Lipinski definition) is 2. The Kier molecular flexibility index (Phi) is 3.11. The molecule has 0 amide bonds. The number of aryl methyl sites for hydroxylation is 1. The number of aliphatic hydroxyl groups is 1. The molecule has 0 radical (unpaired) electrons. The van der Waals surface area contributed by atoms with E-state index in [1.165, 1.54) is 0 Å². The summed E-state index contributed by atoms with van der Waals surface area (Å²) in [5, 5.41) is 9.12. The molecule has 0 heterocycles. The summed E-state index contributed by atoms with van der Waals surface area (Å²) in [5.74, 6) is 0. The lowest BCUT2D eigenvalue weighted by Crippen LogP contribution is -2.37. The molecule has 13 heavy (non-hydrogen) atoms. The molecule has 1 rings (SSSR count). The Labute approximate surface area is 86.9 Å². The molecular weight excluding hydrogens is 230 g/mol. The standard InChI is InChI=1S/C10H14BrNO/c1-7-3-4-8(11)5-9(7)10(2,12)6-13/h3-5,13H,6,12H2,1-2H3. The van der Waals surface area contributed by atoms with Crippen LogP contribution >= 0.6 is 15.9 Å². The lowest BCUT2D eigenvalue weighted by atomic mass is 9.90. The van der Waals surface area contributed by atoms with Crippen LogP contribution in [0, 0.1) is 6.92 Å². The van der Waals surface area contributed by atoms with E-state index in [9.17, 15) is 0 Å². The summed E-state index contributed by atoms with van der Waals surface area (Å²) in [6.45, 7) is 3.76. The van der Waals surface area contributed by atoms with E-state index >= 15 is 0 Å². The molecule has 0 fully saturated rings. The first-order valence-corrected chi connectivity index (χ1v) is 4.93. The van der Waals surface area contributed by atoms with Crippen LogP contribution in [0.2, 0.25) is 0 Å². The first-order valence-electron chi connectivity index (χ1n) is 4.14.